The van der Waals surface area contributed by atoms with Gasteiger partial charge in [0.05, 0.1) is 22.9 Å². The molecule has 0 aliphatic heterocycles. The molecule has 6 aromatic rings. The van der Waals surface area contributed by atoms with Gasteiger partial charge in [0.25, 0.3) is 0 Å². The van der Waals surface area contributed by atoms with Crippen molar-refractivity contribution in [1.29, 1.82) is 0 Å². The first-order valence-electron chi connectivity index (χ1n) is 17.7. The SMILES string of the molecule is CC(C)(C)c1ccc(C(c2ccc(-n3cc(-c4cccc(C(=O)O)c4)nn3)cc2)(c2ccc(C(C)(C)C)cc2)c2ccc(C(C)(C)C)cc2)cc1. The van der Waals surface area contributed by atoms with E-state index in [0.29, 0.717) is 11.3 Å². The summed E-state index contributed by atoms with van der Waals surface area (Å²) in [6.45, 7) is 20.3. The Morgan fingerprint density at radius 1 is 0.529 bits per heavy atom. The van der Waals surface area contributed by atoms with Crippen LogP contribution in [0.15, 0.2) is 128 Å². The van der Waals surface area contributed by atoms with Crippen molar-refractivity contribution in [3.8, 4) is 16.9 Å². The third kappa shape index (κ3) is 7.03. The number of carboxylic acid groups (broad SMARTS) is 1. The summed E-state index contributed by atoms with van der Waals surface area (Å²) in [7, 11) is 0. The molecule has 1 aromatic heterocycles. The van der Waals surface area contributed by atoms with Crippen molar-refractivity contribution in [3.05, 3.63) is 172 Å². The molecule has 0 fully saturated rings. The lowest BCUT2D eigenvalue weighted by atomic mass is 9.64. The fraction of sp³-hybridized carbons (Fsp3) is 0.283. The molecule has 6 rings (SSSR count). The smallest absolute Gasteiger partial charge is 0.335 e. The molecule has 0 saturated heterocycles. The van der Waals surface area contributed by atoms with Gasteiger partial charge in [-0.25, -0.2) is 9.48 Å². The molecular weight excluding hydrogens is 627 g/mol. The summed E-state index contributed by atoms with van der Waals surface area (Å²) in [6, 6.07) is 42.9. The van der Waals surface area contributed by atoms with Gasteiger partial charge in [0, 0.05) is 5.56 Å². The first-order chi connectivity index (χ1) is 24.0. The van der Waals surface area contributed by atoms with Gasteiger partial charge in [0.15, 0.2) is 0 Å². The van der Waals surface area contributed by atoms with Crippen LogP contribution in [-0.2, 0) is 21.7 Å². The summed E-state index contributed by atoms with van der Waals surface area (Å²) in [5.41, 5.74) is 10.4. The zero-order valence-corrected chi connectivity index (χ0v) is 31.3. The zero-order chi connectivity index (χ0) is 36.8. The van der Waals surface area contributed by atoms with Gasteiger partial charge in [-0.3, -0.25) is 0 Å². The summed E-state index contributed by atoms with van der Waals surface area (Å²) in [4.78, 5) is 11.6. The van der Waals surface area contributed by atoms with E-state index in [2.05, 4.69) is 170 Å². The number of carboxylic acids is 1. The van der Waals surface area contributed by atoms with Gasteiger partial charge in [-0.1, -0.05) is 165 Å². The third-order valence-electron chi connectivity index (χ3n) is 10.0. The van der Waals surface area contributed by atoms with Gasteiger partial charge in [-0.2, -0.15) is 0 Å². The molecule has 1 heterocycles. The molecule has 1 N–H and O–H groups in total. The Kier molecular flexibility index (Phi) is 9.14. The van der Waals surface area contributed by atoms with Crippen LogP contribution in [0.5, 0.6) is 0 Å². The second-order valence-corrected chi connectivity index (χ2v) is 16.7. The van der Waals surface area contributed by atoms with E-state index in [9.17, 15) is 9.90 Å². The summed E-state index contributed by atoms with van der Waals surface area (Å²) in [5, 5.41) is 18.3. The minimum absolute atomic E-state index is 0.0249. The Labute approximate surface area is 303 Å². The second kappa shape index (κ2) is 13.1. The first kappa shape index (κ1) is 35.5. The Morgan fingerprint density at radius 3 is 1.27 bits per heavy atom. The van der Waals surface area contributed by atoms with Crippen LogP contribution in [-0.4, -0.2) is 26.1 Å². The standard InChI is InChI=1S/C46H49N3O2/c1-43(2,3)33-13-19-36(20-14-33)46(37-21-15-34(16-22-37)44(4,5)6,38-23-17-35(18-24-38)45(7,8)9)39-25-27-40(28-26-39)49-30-41(47-48-49)31-11-10-12-32(29-31)42(50)51/h10-30H,1-9H3,(H,50,51). The lowest BCUT2D eigenvalue weighted by Crippen LogP contribution is -2.31. The molecule has 0 aliphatic rings. The van der Waals surface area contributed by atoms with Crippen LogP contribution in [0.25, 0.3) is 16.9 Å². The number of hydrogen-bond donors (Lipinski definition) is 1. The second-order valence-electron chi connectivity index (χ2n) is 16.7. The molecule has 51 heavy (non-hydrogen) atoms. The van der Waals surface area contributed by atoms with Crippen LogP contribution >= 0.6 is 0 Å². The Balaban J connectivity index is 1.54. The minimum Gasteiger partial charge on any atom is -0.478 e. The van der Waals surface area contributed by atoms with Crippen LogP contribution in [0, 0.1) is 0 Å². The molecule has 5 aromatic carbocycles. The summed E-state index contributed by atoms with van der Waals surface area (Å²) >= 11 is 0. The van der Waals surface area contributed by atoms with Gasteiger partial charge in [-0.15, -0.1) is 5.10 Å². The highest BCUT2D eigenvalue weighted by Gasteiger charge is 2.39. The number of rotatable bonds is 7. The first-order valence-corrected chi connectivity index (χ1v) is 17.7. The van der Waals surface area contributed by atoms with Crippen LogP contribution in [0.4, 0.5) is 0 Å². The van der Waals surface area contributed by atoms with Gasteiger partial charge >= 0.3 is 5.97 Å². The van der Waals surface area contributed by atoms with E-state index in [1.54, 1.807) is 22.9 Å². The van der Waals surface area contributed by atoms with E-state index in [1.807, 2.05) is 12.3 Å². The van der Waals surface area contributed by atoms with Crippen molar-refractivity contribution in [2.45, 2.75) is 84.0 Å². The molecule has 0 atom stereocenters. The van der Waals surface area contributed by atoms with Crippen molar-refractivity contribution in [2.75, 3.05) is 0 Å². The largest absolute Gasteiger partial charge is 0.478 e. The number of nitrogens with zero attached hydrogens (tertiary/aromatic N) is 3. The highest BCUT2D eigenvalue weighted by molar-refractivity contribution is 5.89. The molecule has 0 aliphatic carbocycles. The Hall–Kier alpha value is -5.29. The van der Waals surface area contributed by atoms with Gasteiger partial charge in [0.1, 0.15) is 5.69 Å². The molecule has 0 amide bonds. The third-order valence-corrected chi connectivity index (χ3v) is 10.0. The van der Waals surface area contributed by atoms with Crippen LogP contribution < -0.4 is 0 Å². The molecule has 260 valence electrons. The maximum absolute atomic E-state index is 11.6. The van der Waals surface area contributed by atoms with Crippen molar-refractivity contribution < 1.29 is 9.90 Å². The monoisotopic (exact) mass is 675 g/mol. The summed E-state index contributed by atoms with van der Waals surface area (Å²) < 4.78 is 1.74. The lowest BCUT2D eigenvalue weighted by molar-refractivity contribution is 0.0697. The molecule has 5 nitrogen and oxygen atoms in total. The molecule has 0 bridgehead atoms. The van der Waals surface area contributed by atoms with E-state index in [4.69, 9.17) is 0 Å². The highest BCUT2D eigenvalue weighted by atomic mass is 16.4. The maximum atomic E-state index is 11.6. The molecular formula is C46H49N3O2. The Morgan fingerprint density at radius 2 is 0.902 bits per heavy atom. The van der Waals surface area contributed by atoms with Crippen molar-refractivity contribution in [3.63, 3.8) is 0 Å². The number of benzene rings is 5. The quantitative estimate of drug-likeness (QED) is 0.171. The van der Waals surface area contributed by atoms with Gasteiger partial charge < -0.3 is 5.11 Å². The average Bonchev–Trinajstić information content (AvgIpc) is 3.59. The molecule has 5 heteroatoms. The summed E-state index contributed by atoms with van der Waals surface area (Å²) in [6.07, 6.45) is 1.84. The van der Waals surface area contributed by atoms with Crippen LogP contribution in [0.3, 0.4) is 0 Å². The number of hydrogen-bond acceptors (Lipinski definition) is 3. The van der Waals surface area contributed by atoms with E-state index in [1.165, 1.54) is 33.4 Å². The van der Waals surface area contributed by atoms with Gasteiger partial charge in [0.2, 0.25) is 0 Å². The minimum atomic E-state index is -0.975. The average molecular weight is 676 g/mol. The fourth-order valence-corrected chi connectivity index (χ4v) is 6.86. The highest BCUT2D eigenvalue weighted by Crippen LogP contribution is 2.46. The van der Waals surface area contributed by atoms with Crippen molar-refractivity contribution >= 4 is 5.97 Å². The summed E-state index contributed by atoms with van der Waals surface area (Å²) in [5.74, 6) is -0.975. The number of aromatic carboxylic acids is 1. The van der Waals surface area contributed by atoms with E-state index in [-0.39, 0.29) is 21.8 Å². The molecule has 0 radical (unpaired) electrons. The van der Waals surface area contributed by atoms with Crippen molar-refractivity contribution in [2.24, 2.45) is 0 Å². The fourth-order valence-electron chi connectivity index (χ4n) is 6.86. The topological polar surface area (TPSA) is 68.0 Å². The predicted molar refractivity (Wildman–Crippen MR) is 208 cm³/mol. The van der Waals surface area contributed by atoms with E-state index >= 15 is 0 Å². The lowest BCUT2D eigenvalue weighted by Gasteiger charge is -2.38. The zero-order valence-electron chi connectivity index (χ0n) is 31.3. The normalized spacial score (nSPS) is 12.6. The van der Waals surface area contributed by atoms with E-state index in [0.717, 1.165) is 11.3 Å². The van der Waals surface area contributed by atoms with Gasteiger partial charge in [-0.05, 0) is 79.5 Å². The van der Waals surface area contributed by atoms with Crippen LogP contribution in [0.1, 0.15) is 112 Å². The molecule has 0 saturated carbocycles. The Bertz CT molecular complexity index is 2000. The molecule has 0 spiro atoms. The number of carbonyl (C=O) groups is 1. The van der Waals surface area contributed by atoms with E-state index < -0.39 is 11.4 Å². The van der Waals surface area contributed by atoms with Crippen molar-refractivity contribution in [1.82, 2.24) is 15.0 Å². The number of aromatic nitrogens is 3. The predicted octanol–water partition coefficient (Wildman–Crippen LogP) is 10.9. The van der Waals surface area contributed by atoms with Crippen LogP contribution in [0.2, 0.25) is 0 Å². The maximum Gasteiger partial charge on any atom is 0.335 e. The molecule has 0 unspecified atom stereocenters.